The van der Waals surface area contributed by atoms with Crippen molar-refractivity contribution in [2.45, 2.75) is 71.6 Å². The quantitative estimate of drug-likeness (QED) is 0.273. The molecule has 4 heterocycles. The molecule has 1 fully saturated rings. The van der Waals surface area contributed by atoms with E-state index in [0.29, 0.717) is 47.1 Å². The number of carbonyl (C=O) groups excluding carboxylic acids is 1. The summed E-state index contributed by atoms with van der Waals surface area (Å²) in [5.41, 5.74) is 2.81. The van der Waals surface area contributed by atoms with Crippen LogP contribution in [0.5, 0.6) is 0 Å². The summed E-state index contributed by atoms with van der Waals surface area (Å²) < 4.78 is 39.5. The van der Waals surface area contributed by atoms with Gasteiger partial charge in [-0.3, -0.25) is 9.40 Å². The van der Waals surface area contributed by atoms with E-state index in [2.05, 4.69) is 15.0 Å². The van der Waals surface area contributed by atoms with Gasteiger partial charge in [0.05, 0.1) is 29.2 Å². The third-order valence-corrected chi connectivity index (χ3v) is 7.30. The second-order valence-corrected chi connectivity index (χ2v) is 14.7. The van der Waals surface area contributed by atoms with Crippen LogP contribution < -0.4 is 10.0 Å². The minimum absolute atomic E-state index is 0.161. The number of amides is 1. The molecule has 1 aliphatic rings. The fraction of sp³-hybridized carbons (Fsp3) is 0.467. The van der Waals surface area contributed by atoms with Crippen LogP contribution in [-0.4, -0.2) is 69.6 Å². The molecule has 0 spiro atoms. The average Bonchev–Trinajstić information content (AvgIpc) is 3.54. The summed E-state index contributed by atoms with van der Waals surface area (Å²) in [6.07, 6.45) is 6.09. The molecule has 43 heavy (non-hydrogen) atoms. The predicted octanol–water partition coefficient (Wildman–Crippen LogP) is 5.91. The van der Waals surface area contributed by atoms with Gasteiger partial charge in [-0.05, 0) is 78.6 Å². The SMILES string of the molecule is CC(C)(C)Nc1ncc(-c2ccn(C3CCN(C(=O)OC(C)(C)C)CC3)n2)cc1-c1nc2ccc(NS(C)(=O)=O)cc2o1. The van der Waals surface area contributed by atoms with Crippen molar-refractivity contribution < 1.29 is 22.4 Å². The van der Waals surface area contributed by atoms with Gasteiger partial charge in [0.1, 0.15) is 16.9 Å². The number of oxazole rings is 1. The van der Waals surface area contributed by atoms with Gasteiger partial charge >= 0.3 is 6.09 Å². The van der Waals surface area contributed by atoms with Crippen molar-refractivity contribution in [3.63, 3.8) is 0 Å². The van der Waals surface area contributed by atoms with Gasteiger partial charge in [0.15, 0.2) is 5.58 Å². The number of carbonyl (C=O) groups is 1. The molecule has 3 aromatic heterocycles. The zero-order chi connectivity index (χ0) is 31.2. The standard InChI is InChI=1S/C30H39N7O5S/c1-29(2,3)33-26-22(27-32-24-9-8-20(17-25(24)41-27)35-43(7,39)40)16-19(18-31-26)23-12-15-37(34-23)21-10-13-36(14-11-21)28(38)42-30(4,5)6/h8-9,12,15-18,21,35H,10-11,13-14H2,1-7H3,(H,31,33). The van der Waals surface area contributed by atoms with Crippen LogP contribution in [0.1, 0.15) is 60.4 Å². The number of sulfonamides is 1. The van der Waals surface area contributed by atoms with Crippen LogP contribution in [0.3, 0.4) is 0 Å². The van der Waals surface area contributed by atoms with Gasteiger partial charge in [-0.1, -0.05) is 0 Å². The minimum Gasteiger partial charge on any atom is -0.444 e. The van der Waals surface area contributed by atoms with Gasteiger partial charge in [0, 0.05) is 42.7 Å². The van der Waals surface area contributed by atoms with E-state index in [1.54, 1.807) is 29.3 Å². The molecule has 1 aliphatic heterocycles. The number of aromatic nitrogens is 4. The van der Waals surface area contributed by atoms with Crippen LogP contribution in [0.15, 0.2) is 47.1 Å². The monoisotopic (exact) mass is 609 g/mol. The molecule has 1 aromatic carbocycles. The maximum absolute atomic E-state index is 12.5. The number of nitrogens with one attached hydrogen (secondary N) is 2. The number of piperidine rings is 1. The lowest BCUT2D eigenvalue weighted by Gasteiger charge is -2.33. The Labute approximate surface area is 251 Å². The highest BCUT2D eigenvalue weighted by Gasteiger charge is 2.28. The summed E-state index contributed by atoms with van der Waals surface area (Å²) in [4.78, 5) is 23.6. The van der Waals surface area contributed by atoms with Gasteiger partial charge < -0.3 is 19.4 Å². The third-order valence-electron chi connectivity index (χ3n) is 6.70. The van der Waals surface area contributed by atoms with Crippen molar-refractivity contribution in [2.24, 2.45) is 0 Å². The number of hydrogen-bond donors (Lipinski definition) is 2. The van der Waals surface area contributed by atoms with Crippen LogP contribution >= 0.6 is 0 Å². The summed E-state index contributed by atoms with van der Waals surface area (Å²) in [6.45, 7) is 12.9. The lowest BCUT2D eigenvalue weighted by atomic mass is 10.1. The molecule has 12 nitrogen and oxygen atoms in total. The molecule has 1 amide bonds. The molecular weight excluding hydrogens is 570 g/mol. The van der Waals surface area contributed by atoms with E-state index in [0.717, 1.165) is 30.4 Å². The molecule has 0 saturated carbocycles. The first kappa shape index (κ1) is 30.3. The van der Waals surface area contributed by atoms with Gasteiger partial charge in [-0.15, -0.1) is 0 Å². The number of benzene rings is 1. The Balaban J connectivity index is 1.40. The fourth-order valence-electron chi connectivity index (χ4n) is 4.87. The van der Waals surface area contributed by atoms with Crippen LogP contribution in [0.25, 0.3) is 33.8 Å². The van der Waals surface area contributed by atoms with Crippen LogP contribution in [0.4, 0.5) is 16.3 Å². The predicted molar refractivity (Wildman–Crippen MR) is 166 cm³/mol. The first-order valence-corrected chi connectivity index (χ1v) is 16.1. The molecule has 0 radical (unpaired) electrons. The van der Waals surface area contributed by atoms with Crippen molar-refractivity contribution in [1.29, 1.82) is 0 Å². The lowest BCUT2D eigenvalue weighted by molar-refractivity contribution is 0.0185. The largest absolute Gasteiger partial charge is 0.444 e. The normalized spacial score (nSPS) is 15.1. The number of hydrogen-bond acceptors (Lipinski definition) is 9. The topological polar surface area (TPSA) is 144 Å². The Morgan fingerprint density at radius 2 is 1.79 bits per heavy atom. The summed E-state index contributed by atoms with van der Waals surface area (Å²) in [5, 5.41) is 8.29. The number of ether oxygens (including phenoxy) is 1. The first-order valence-electron chi connectivity index (χ1n) is 14.2. The van der Waals surface area contributed by atoms with Crippen molar-refractivity contribution in [2.75, 3.05) is 29.4 Å². The number of anilines is 2. The molecule has 0 aliphatic carbocycles. The molecule has 13 heteroatoms. The van der Waals surface area contributed by atoms with Crippen LogP contribution in [-0.2, 0) is 14.8 Å². The van der Waals surface area contributed by atoms with E-state index in [4.69, 9.17) is 19.2 Å². The molecule has 2 N–H and O–H groups in total. The van der Waals surface area contributed by atoms with E-state index in [9.17, 15) is 13.2 Å². The Morgan fingerprint density at radius 1 is 1.07 bits per heavy atom. The smallest absolute Gasteiger partial charge is 0.410 e. The van der Waals surface area contributed by atoms with E-state index in [1.165, 1.54) is 0 Å². The Kier molecular flexibility index (Phi) is 7.88. The second kappa shape index (κ2) is 11.2. The summed E-state index contributed by atoms with van der Waals surface area (Å²) in [7, 11) is -3.44. The summed E-state index contributed by atoms with van der Waals surface area (Å²) in [5.74, 6) is 0.952. The van der Waals surface area contributed by atoms with E-state index in [-0.39, 0.29) is 17.7 Å². The van der Waals surface area contributed by atoms with Crippen molar-refractivity contribution in [3.05, 3.63) is 42.7 Å². The number of likely N-dealkylation sites (tertiary alicyclic amines) is 1. The molecule has 0 bridgehead atoms. The zero-order valence-electron chi connectivity index (χ0n) is 25.6. The highest BCUT2D eigenvalue weighted by Crippen LogP contribution is 2.35. The number of nitrogens with zero attached hydrogens (tertiary/aromatic N) is 5. The number of fused-ring (bicyclic) bond motifs is 1. The Bertz CT molecular complexity index is 1740. The van der Waals surface area contributed by atoms with Gasteiger partial charge in [-0.2, -0.15) is 5.10 Å². The summed E-state index contributed by atoms with van der Waals surface area (Å²) in [6, 6.07) is 9.01. The second-order valence-electron chi connectivity index (χ2n) is 13.0. The summed E-state index contributed by atoms with van der Waals surface area (Å²) >= 11 is 0. The molecule has 4 aromatic rings. The van der Waals surface area contributed by atoms with E-state index in [1.807, 2.05) is 64.6 Å². The first-order chi connectivity index (χ1) is 20.0. The number of rotatable bonds is 6. The highest BCUT2D eigenvalue weighted by atomic mass is 32.2. The number of pyridine rings is 1. The third kappa shape index (κ3) is 7.64. The zero-order valence-corrected chi connectivity index (χ0v) is 26.4. The maximum Gasteiger partial charge on any atom is 0.410 e. The van der Waals surface area contributed by atoms with Gasteiger partial charge in [0.2, 0.25) is 15.9 Å². The van der Waals surface area contributed by atoms with Crippen LogP contribution in [0, 0.1) is 0 Å². The highest BCUT2D eigenvalue weighted by molar-refractivity contribution is 7.92. The van der Waals surface area contributed by atoms with Crippen molar-refractivity contribution >= 4 is 38.7 Å². The van der Waals surface area contributed by atoms with Gasteiger partial charge in [-0.25, -0.2) is 23.2 Å². The van der Waals surface area contributed by atoms with Crippen molar-refractivity contribution in [1.82, 2.24) is 24.6 Å². The minimum atomic E-state index is -3.44. The van der Waals surface area contributed by atoms with E-state index < -0.39 is 15.6 Å². The maximum atomic E-state index is 12.5. The molecule has 1 saturated heterocycles. The average molecular weight is 610 g/mol. The molecule has 0 atom stereocenters. The Morgan fingerprint density at radius 3 is 2.44 bits per heavy atom. The molecule has 5 rings (SSSR count). The fourth-order valence-corrected chi connectivity index (χ4v) is 5.43. The lowest BCUT2D eigenvalue weighted by Crippen LogP contribution is -2.42. The molecular formula is C30H39N7O5S. The molecule has 230 valence electrons. The van der Waals surface area contributed by atoms with Crippen molar-refractivity contribution in [3.8, 4) is 22.7 Å². The van der Waals surface area contributed by atoms with Gasteiger partial charge in [0.25, 0.3) is 0 Å². The van der Waals surface area contributed by atoms with E-state index >= 15 is 0 Å². The van der Waals surface area contributed by atoms with Crippen LogP contribution in [0.2, 0.25) is 0 Å². The Hall–Kier alpha value is -4.13. The molecule has 0 unspecified atom stereocenters.